The molecule has 2 aromatic rings. The highest BCUT2D eigenvalue weighted by molar-refractivity contribution is 5.90. The minimum atomic E-state index is -0.351. The van der Waals surface area contributed by atoms with Crippen molar-refractivity contribution in [3.63, 3.8) is 0 Å². The Bertz CT molecular complexity index is 617. The number of rotatable bonds is 5. The Morgan fingerprint density at radius 1 is 1.14 bits per heavy atom. The van der Waals surface area contributed by atoms with Crippen molar-refractivity contribution in [1.82, 2.24) is 5.32 Å². The number of hydrogen-bond donors (Lipinski definition) is 2. The number of anilines is 1. The lowest BCUT2D eigenvalue weighted by Crippen LogP contribution is -2.30. The number of carbonyl (C=O) groups excluding carboxylic acids is 1. The molecule has 2 rings (SSSR count). The standard InChI is InChI=1S/C16H17FN2O2/c1-21-15-9-5-4-8-14(15)19-16(20)18-11-10-12-6-2-3-7-13(12)17/h2-9H,10-11H2,1H3,(H2,18,19,20). The van der Waals surface area contributed by atoms with E-state index in [1.54, 1.807) is 36.4 Å². The van der Waals surface area contributed by atoms with Gasteiger partial charge in [-0.2, -0.15) is 0 Å². The van der Waals surface area contributed by atoms with Gasteiger partial charge in [-0.25, -0.2) is 9.18 Å². The third kappa shape index (κ3) is 4.21. The van der Waals surface area contributed by atoms with Crippen LogP contribution in [0.15, 0.2) is 48.5 Å². The SMILES string of the molecule is COc1ccccc1NC(=O)NCCc1ccccc1F. The Labute approximate surface area is 122 Å². The van der Waals surface area contributed by atoms with E-state index in [1.165, 1.54) is 13.2 Å². The van der Waals surface area contributed by atoms with Gasteiger partial charge in [0.2, 0.25) is 0 Å². The Balaban J connectivity index is 1.84. The van der Waals surface area contributed by atoms with Gasteiger partial charge in [0, 0.05) is 6.54 Å². The summed E-state index contributed by atoms with van der Waals surface area (Å²) in [5.74, 6) is 0.325. The Kier molecular flexibility index (Phi) is 5.15. The molecule has 0 aliphatic carbocycles. The van der Waals surface area contributed by atoms with E-state index >= 15 is 0 Å². The lowest BCUT2D eigenvalue weighted by atomic mass is 10.1. The molecule has 0 aromatic heterocycles. The van der Waals surface area contributed by atoms with Crippen LogP contribution in [0.5, 0.6) is 5.75 Å². The van der Waals surface area contributed by atoms with Gasteiger partial charge in [-0.3, -0.25) is 0 Å². The molecule has 110 valence electrons. The van der Waals surface area contributed by atoms with E-state index in [-0.39, 0.29) is 11.8 Å². The maximum atomic E-state index is 13.4. The molecular weight excluding hydrogens is 271 g/mol. The van der Waals surface area contributed by atoms with E-state index in [1.807, 2.05) is 6.07 Å². The molecule has 4 nitrogen and oxygen atoms in total. The van der Waals surface area contributed by atoms with E-state index in [2.05, 4.69) is 10.6 Å². The monoisotopic (exact) mass is 288 g/mol. The van der Waals surface area contributed by atoms with E-state index in [4.69, 9.17) is 4.74 Å². The van der Waals surface area contributed by atoms with E-state index < -0.39 is 0 Å². The minimum Gasteiger partial charge on any atom is -0.495 e. The minimum absolute atomic E-state index is 0.260. The van der Waals surface area contributed by atoms with Crippen LogP contribution < -0.4 is 15.4 Å². The second kappa shape index (κ2) is 7.28. The molecule has 0 atom stereocenters. The zero-order valence-corrected chi connectivity index (χ0v) is 11.7. The number of halogens is 1. The number of urea groups is 1. The van der Waals surface area contributed by atoms with Gasteiger partial charge in [0.15, 0.2) is 0 Å². The number of amides is 2. The van der Waals surface area contributed by atoms with Gasteiger partial charge in [0.1, 0.15) is 11.6 Å². The smallest absolute Gasteiger partial charge is 0.319 e. The molecule has 0 saturated carbocycles. The predicted molar refractivity (Wildman–Crippen MR) is 80.1 cm³/mol. The lowest BCUT2D eigenvalue weighted by Gasteiger charge is -2.11. The molecule has 0 unspecified atom stereocenters. The van der Waals surface area contributed by atoms with Crippen molar-refractivity contribution in [2.45, 2.75) is 6.42 Å². The largest absolute Gasteiger partial charge is 0.495 e. The number of methoxy groups -OCH3 is 1. The number of carbonyl (C=O) groups is 1. The molecule has 2 N–H and O–H groups in total. The Hall–Kier alpha value is -2.56. The molecule has 0 bridgehead atoms. The number of benzene rings is 2. The fraction of sp³-hybridized carbons (Fsp3) is 0.188. The molecule has 0 aliphatic heterocycles. The van der Waals surface area contributed by atoms with Crippen LogP contribution in [0.25, 0.3) is 0 Å². The number of hydrogen-bond acceptors (Lipinski definition) is 2. The van der Waals surface area contributed by atoms with Crippen LogP contribution in [0.2, 0.25) is 0 Å². The fourth-order valence-corrected chi connectivity index (χ4v) is 1.93. The summed E-state index contributed by atoms with van der Waals surface area (Å²) in [6, 6.07) is 13.3. The fourth-order valence-electron chi connectivity index (χ4n) is 1.93. The van der Waals surface area contributed by atoms with Gasteiger partial charge in [-0.1, -0.05) is 30.3 Å². The van der Waals surface area contributed by atoms with Crippen molar-refractivity contribution in [1.29, 1.82) is 0 Å². The second-order valence-corrected chi connectivity index (χ2v) is 4.42. The number of nitrogens with one attached hydrogen (secondary N) is 2. The van der Waals surface area contributed by atoms with Crippen molar-refractivity contribution in [3.05, 3.63) is 59.9 Å². The van der Waals surface area contributed by atoms with Gasteiger partial charge >= 0.3 is 6.03 Å². The summed E-state index contributed by atoms with van der Waals surface area (Å²) in [5.41, 5.74) is 1.17. The average Bonchev–Trinajstić information content (AvgIpc) is 2.50. The highest BCUT2D eigenvalue weighted by Crippen LogP contribution is 2.22. The molecule has 21 heavy (non-hydrogen) atoms. The van der Waals surface area contributed by atoms with Gasteiger partial charge < -0.3 is 15.4 Å². The summed E-state index contributed by atoms with van der Waals surface area (Å²) < 4.78 is 18.6. The topological polar surface area (TPSA) is 50.4 Å². The first-order chi connectivity index (χ1) is 10.2. The summed E-state index contributed by atoms with van der Waals surface area (Å²) in [6.45, 7) is 0.349. The number of para-hydroxylation sites is 2. The van der Waals surface area contributed by atoms with E-state index in [0.29, 0.717) is 30.0 Å². The van der Waals surface area contributed by atoms with Gasteiger partial charge in [0.25, 0.3) is 0 Å². The molecule has 5 heteroatoms. The zero-order valence-electron chi connectivity index (χ0n) is 11.7. The normalized spacial score (nSPS) is 10.0. The quantitative estimate of drug-likeness (QED) is 0.887. The summed E-state index contributed by atoms with van der Waals surface area (Å²) in [6.07, 6.45) is 0.437. The predicted octanol–water partition coefficient (Wildman–Crippen LogP) is 3.20. The van der Waals surface area contributed by atoms with Gasteiger partial charge in [0.05, 0.1) is 12.8 Å². The van der Waals surface area contributed by atoms with Crippen LogP contribution in [-0.4, -0.2) is 19.7 Å². The van der Waals surface area contributed by atoms with Crippen LogP contribution >= 0.6 is 0 Å². The van der Waals surface area contributed by atoms with Crippen molar-refractivity contribution in [2.24, 2.45) is 0 Å². The summed E-state index contributed by atoms with van der Waals surface area (Å²) in [7, 11) is 1.54. The Morgan fingerprint density at radius 2 is 1.86 bits per heavy atom. The van der Waals surface area contributed by atoms with Crippen LogP contribution in [-0.2, 0) is 6.42 Å². The molecule has 0 radical (unpaired) electrons. The highest BCUT2D eigenvalue weighted by Gasteiger charge is 2.06. The first kappa shape index (κ1) is 14.8. The number of ether oxygens (including phenoxy) is 1. The van der Waals surface area contributed by atoms with Crippen LogP contribution in [0.4, 0.5) is 14.9 Å². The van der Waals surface area contributed by atoms with Crippen LogP contribution in [0.3, 0.4) is 0 Å². The first-order valence-corrected chi connectivity index (χ1v) is 6.62. The first-order valence-electron chi connectivity index (χ1n) is 6.62. The molecule has 0 saturated heterocycles. The molecule has 2 amide bonds. The van der Waals surface area contributed by atoms with Crippen molar-refractivity contribution >= 4 is 11.7 Å². The van der Waals surface area contributed by atoms with Crippen LogP contribution in [0, 0.1) is 5.82 Å². The zero-order chi connectivity index (χ0) is 15.1. The van der Waals surface area contributed by atoms with E-state index in [9.17, 15) is 9.18 Å². The van der Waals surface area contributed by atoms with E-state index in [0.717, 1.165) is 0 Å². The maximum absolute atomic E-state index is 13.4. The second-order valence-electron chi connectivity index (χ2n) is 4.42. The van der Waals surface area contributed by atoms with Crippen molar-refractivity contribution < 1.29 is 13.9 Å². The molecule has 2 aromatic carbocycles. The average molecular weight is 288 g/mol. The third-order valence-electron chi connectivity index (χ3n) is 2.99. The molecule has 0 aliphatic rings. The third-order valence-corrected chi connectivity index (χ3v) is 2.99. The van der Waals surface area contributed by atoms with Crippen molar-refractivity contribution in [3.8, 4) is 5.75 Å². The van der Waals surface area contributed by atoms with Crippen LogP contribution in [0.1, 0.15) is 5.56 Å². The van der Waals surface area contributed by atoms with Gasteiger partial charge in [-0.15, -0.1) is 0 Å². The summed E-state index contributed by atoms with van der Waals surface area (Å²) in [4.78, 5) is 11.8. The Morgan fingerprint density at radius 3 is 2.62 bits per heavy atom. The highest BCUT2D eigenvalue weighted by atomic mass is 19.1. The summed E-state index contributed by atoms with van der Waals surface area (Å²) >= 11 is 0. The maximum Gasteiger partial charge on any atom is 0.319 e. The lowest BCUT2D eigenvalue weighted by molar-refractivity contribution is 0.252. The van der Waals surface area contributed by atoms with Crippen molar-refractivity contribution in [2.75, 3.05) is 19.0 Å². The molecular formula is C16H17FN2O2. The molecule has 0 fully saturated rings. The van der Waals surface area contributed by atoms with Gasteiger partial charge in [-0.05, 0) is 30.2 Å². The molecule has 0 spiro atoms. The molecule has 0 heterocycles. The summed E-state index contributed by atoms with van der Waals surface area (Å²) in [5, 5.41) is 5.38.